The van der Waals surface area contributed by atoms with Crippen LogP contribution in [-0.4, -0.2) is 62.7 Å². The summed E-state index contributed by atoms with van der Waals surface area (Å²) in [6, 6.07) is 15.2. The number of nitrogens with one attached hydrogen (secondary N) is 1. The largest absolute Gasteiger partial charge is 0.481 e. The number of carbonyl (C=O) groups excluding carboxylic acids is 2. The Morgan fingerprint density at radius 3 is 2.37 bits per heavy atom. The maximum Gasteiger partial charge on any atom is 0.263 e. The molecule has 2 aromatic rings. The first-order chi connectivity index (χ1) is 14.4. The number of morpholine rings is 1. The van der Waals surface area contributed by atoms with E-state index in [1.165, 1.54) is 4.90 Å². The number of nitrogens with zero attached hydrogens (tertiary/aromatic N) is 2. The minimum absolute atomic E-state index is 0.0500. The highest BCUT2D eigenvalue weighted by atomic mass is 16.5. The zero-order chi connectivity index (χ0) is 21.5. The molecule has 0 aromatic heterocycles. The molecule has 1 saturated heterocycles. The van der Waals surface area contributed by atoms with Gasteiger partial charge in [-0.05, 0) is 50.2 Å². The van der Waals surface area contributed by atoms with Crippen molar-refractivity contribution in [2.45, 2.75) is 20.0 Å². The third-order valence-corrected chi connectivity index (χ3v) is 4.97. The van der Waals surface area contributed by atoms with Crippen LogP contribution in [-0.2, 0) is 14.3 Å². The lowest BCUT2D eigenvalue weighted by atomic mass is 10.2. The highest BCUT2D eigenvalue weighted by Crippen LogP contribution is 2.19. The van der Waals surface area contributed by atoms with Crippen LogP contribution in [0.25, 0.3) is 0 Å². The lowest BCUT2D eigenvalue weighted by Gasteiger charge is -2.29. The molecule has 1 unspecified atom stereocenters. The fraction of sp³-hybridized carbons (Fsp3) is 0.391. The third-order valence-electron chi connectivity index (χ3n) is 4.97. The maximum atomic E-state index is 12.5. The molecule has 1 heterocycles. The van der Waals surface area contributed by atoms with Gasteiger partial charge in [0.05, 0.1) is 19.8 Å². The third kappa shape index (κ3) is 5.97. The summed E-state index contributed by atoms with van der Waals surface area (Å²) >= 11 is 0. The van der Waals surface area contributed by atoms with E-state index >= 15 is 0 Å². The molecule has 0 spiro atoms. The Bertz CT molecular complexity index is 846. The van der Waals surface area contributed by atoms with Gasteiger partial charge in [0, 0.05) is 31.5 Å². The number of benzene rings is 2. The van der Waals surface area contributed by atoms with Gasteiger partial charge in [-0.1, -0.05) is 17.7 Å². The summed E-state index contributed by atoms with van der Waals surface area (Å²) in [7, 11) is 1.60. The fourth-order valence-electron chi connectivity index (χ4n) is 3.25. The highest BCUT2D eigenvalue weighted by Gasteiger charge is 2.21. The Hall–Kier alpha value is -3.06. The molecular weight excluding hydrogens is 382 g/mol. The summed E-state index contributed by atoms with van der Waals surface area (Å²) in [5.74, 6) is 0.112. The summed E-state index contributed by atoms with van der Waals surface area (Å²) in [4.78, 5) is 28.5. The molecule has 1 N–H and O–H groups in total. The first-order valence-electron chi connectivity index (χ1n) is 10.1. The quantitative estimate of drug-likeness (QED) is 0.759. The van der Waals surface area contributed by atoms with Crippen LogP contribution in [0.5, 0.6) is 5.75 Å². The average molecular weight is 412 g/mol. The predicted molar refractivity (Wildman–Crippen MR) is 117 cm³/mol. The second kappa shape index (κ2) is 10.1. The van der Waals surface area contributed by atoms with Crippen LogP contribution >= 0.6 is 0 Å². The van der Waals surface area contributed by atoms with Gasteiger partial charge in [0.15, 0.2) is 6.10 Å². The number of rotatable bonds is 7. The second-order valence-corrected chi connectivity index (χ2v) is 7.46. The van der Waals surface area contributed by atoms with E-state index in [9.17, 15) is 9.59 Å². The Labute approximate surface area is 177 Å². The van der Waals surface area contributed by atoms with Gasteiger partial charge in [0.2, 0.25) is 5.91 Å². The van der Waals surface area contributed by atoms with Gasteiger partial charge in [0.25, 0.3) is 5.91 Å². The zero-order valence-electron chi connectivity index (χ0n) is 17.8. The Balaban J connectivity index is 1.48. The van der Waals surface area contributed by atoms with Crippen molar-refractivity contribution in [3.05, 3.63) is 54.1 Å². The van der Waals surface area contributed by atoms with Crippen molar-refractivity contribution >= 4 is 23.2 Å². The van der Waals surface area contributed by atoms with E-state index in [0.717, 1.165) is 37.6 Å². The molecule has 2 amide bonds. The van der Waals surface area contributed by atoms with Crippen molar-refractivity contribution in [1.82, 2.24) is 4.90 Å². The van der Waals surface area contributed by atoms with Gasteiger partial charge in [-0.25, -0.2) is 0 Å². The lowest BCUT2D eigenvalue weighted by Crippen LogP contribution is -2.42. The van der Waals surface area contributed by atoms with Crippen molar-refractivity contribution in [3.63, 3.8) is 0 Å². The maximum absolute atomic E-state index is 12.5. The predicted octanol–water partition coefficient (Wildman–Crippen LogP) is 2.70. The molecule has 7 nitrogen and oxygen atoms in total. The van der Waals surface area contributed by atoms with Crippen LogP contribution in [0.3, 0.4) is 0 Å². The van der Waals surface area contributed by atoms with E-state index in [0.29, 0.717) is 11.4 Å². The van der Waals surface area contributed by atoms with E-state index in [2.05, 4.69) is 10.2 Å². The summed E-state index contributed by atoms with van der Waals surface area (Å²) in [6.07, 6.45) is -0.682. The van der Waals surface area contributed by atoms with Crippen molar-refractivity contribution in [2.75, 3.05) is 50.1 Å². The summed E-state index contributed by atoms with van der Waals surface area (Å²) in [6.45, 7) is 6.80. The number of anilines is 2. The van der Waals surface area contributed by atoms with Crippen LogP contribution in [0.2, 0.25) is 0 Å². The molecule has 0 bridgehead atoms. The lowest BCUT2D eigenvalue weighted by molar-refractivity contribution is -0.139. The zero-order valence-corrected chi connectivity index (χ0v) is 17.8. The van der Waals surface area contributed by atoms with Crippen molar-refractivity contribution in [1.29, 1.82) is 0 Å². The topological polar surface area (TPSA) is 71.1 Å². The van der Waals surface area contributed by atoms with Gasteiger partial charge in [-0.15, -0.1) is 0 Å². The van der Waals surface area contributed by atoms with Gasteiger partial charge in [-0.2, -0.15) is 0 Å². The van der Waals surface area contributed by atoms with Crippen LogP contribution in [0, 0.1) is 6.92 Å². The van der Waals surface area contributed by atoms with Gasteiger partial charge >= 0.3 is 0 Å². The standard InChI is InChI=1S/C23H29N3O4/c1-17-4-10-21(11-5-17)30-18(2)23(28)25(3)16-22(27)24-19-6-8-20(9-7-19)26-12-14-29-15-13-26/h4-11,18H,12-16H2,1-3H3,(H,24,27). The minimum Gasteiger partial charge on any atom is -0.481 e. The van der Waals surface area contributed by atoms with E-state index in [-0.39, 0.29) is 18.4 Å². The van der Waals surface area contributed by atoms with Crippen molar-refractivity contribution in [2.24, 2.45) is 0 Å². The molecule has 0 aliphatic carbocycles. The van der Waals surface area contributed by atoms with E-state index < -0.39 is 6.10 Å². The van der Waals surface area contributed by atoms with Gasteiger partial charge in [0.1, 0.15) is 5.75 Å². The highest BCUT2D eigenvalue weighted by molar-refractivity contribution is 5.95. The second-order valence-electron chi connectivity index (χ2n) is 7.46. The van der Waals surface area contributed by atoms with Gasteiger partial charge < -0.3 is 24.6 Å². The van der Waals surface area contributed by atoms with E-state index in [4.69, 9.17) is 9.47 Å². The van der Waals surface area contributed by atoms with Crippen LogP contribution in [0.15, 0.2) is 48.5 Å². The first-order valence-corrected chi connectivity index (χ1v) is 10.1. The van der Waals surface area contributed by atoms with Crippen LogP contribution in [0.4, 0.5) is 11.4 Å². The smallest absolute Gasteiger partial charge is 0.263 e. The Morgan fingerprint density at radius 2 is 1.73 bits per heavy atom. The monoisotopic (exact) mass is 411 g/mol. The first kappa shape index (κ1) is 21.6. The number of aryl methyl sites for hydroxylation is 1. The summed E-state index contributed by atoms with van der Waals surface area (Å²) in [5, 5.41) is 2.84. The number of hydrogen-bond acceptors (Lipinski definition) is 5. The Morgan fingerprint density at radius 1 is 1.10 bits per heavy atom. The molecular formula is C23H29N3O4. The number of amides is 2. The number of hydrogen-bond donors (Lipinski definition) is 1. The molecule has 30 heavy (non-hydrogen) atoms. The number of likely N-dealkylation sites (N-methyl/N-ethyl adjacent to an activating group) is 1. The number of carbonyl (C=O) groups is 2. The molecule has 3 rings (SSSR count). The van der Waals surface area contributed by atoms with Crippen LogP contribution < -0.4 is 15.0 Å². The summed E-state index contributed by atoms with van der Waals surface area (Å²) in [5.41, 5.74) is 2.92. The summed E-state index contributed by atoms with van der Waals surface area (Å²) < 4.78 is 11.1. The van der Waals surface area contributed by atoms with E-state index in [1.807, 2.05) is 55.5 Å². The molecule has 0 saturated carbocycles. The Kier molecular flexibility index (Phi) is 7.30. The SMILES string of the molecule is Cc1ccc(OC(C)C(=O)N(C)CC(=O)Nc2ccc(N3CCOCC3)cc2)cc1. The molecule has 1 fully saturated rings. The van der Waals surface area contributed by atoms with Gasteiger partial charge in [-0.3, -0.25) is 9.59 Å². The van der Waals surface area contributed by atoms with E-state index in [1.54, 1.807) is 14.0 Å². The molecule has 1 aliphatic heterocycles. The molecule has 0 radical (unpaired) electrons. The fourth-order valence-corrected chi connectivity index (χ4v) is 3.25. The van der Waals surface area contributed by atoms with Crippen molar-refractivity contribution < 1.29 is 19.1 Å². The molecule has 2 aromatic carbocycles. The molecule has 1 aliphatic rings. The normalized spacial score (nSPS) is 14.7. The molecule has 7 heteroatoms. The molecule has 1 atom stereocenters. The minimum atomic E-state index is -0.682. The average Bonchev–Trinajstić information content (AvgIpc) is 2.75. The van der Waals surface area contributed by atoms with Crippen LogP contribution in [0.1, 0.15) is 12.5 Å². The van der Waals surface area contributed by atoms with Crippen molar-refractivity contribution in [3.8, 4) is 5.75 Å². The number of ether oxygens (including phenoxy) is 2. The molecule has 160 valence electrons.